The van der Waals surface area contributed by atoms with Gasteiger partial charge in [0.2, 0.25) is 0 Å². The molecule has 1 aromatic rings. The van der Waals surface area contributed by atoms with Gasteiger partial charge in [0.25, 0.3) is 5.91 Å². The van der Waals surface area contributed by atoms with E-state index in [1.807, 2.05) is 6.07 Å². The lowest BCUT2D eigenvalue weighted by Crippen LogP contribution is -2.49. The van der Waals surface area contributed by atoms with Crippen LogP contribution in [0.1, 0.15) is 54.4 Å². The summed E-state index contributed by atoms with van der Waals surface area (Å²) in [6, 6.07) is 8.92. The van der Waals surface area contributed by atoms with Crippen LogP contribution in [0.3, 0.4) is 0 Å². The van der Waals surface area contributed by atoms with Gasteiger partial charge < -0.3 is 4.90 Å². The van der Waals surface area contributed by atoms with Gasteiger partial charge >= 0.3 is 0 Å². The standard InChI is InChI=1S/C21H31N3O/c25-21(24-14-6-9-20(17-24)23-12-3-4-13-23)19-8-5-7-18(15-19)16-22-10-1-2-11-22/h5,7-8,15,20H,1-4,6,9-14,16-17H2/t20-/m1/s1. The molecule has 0 bridgehead atoms. The summed E-state index contributed by atoms with van der Waals surface area (Å²) in [4.78, 5) is 20.2. The van der Waals surface area contributed by atoms with E-state index in [0.29, 0.717) is 6.04 Å². The predicted octanol–water partition coefficient (Wildman–Crippen LogP) is 2.98. The zero-order valence-corrected chi connectivity index (χ0v) is 15.3. The zero-order valence-electron chi connectivity index (χ0n) is 15.3. The van der Waals surface area contributed by atoms with E-state index in [0.717, 1.165) is 31.6 Å². The summed E-state index contributed by atoms with van der Waals surface area (Å²) < 4.78 is 0. The third-order valence-corrected chi connectivity index (χ3v) is 6.12. The Morgan fingerprint density at radius 2 is 1.72 bits per heavy atom. The SMILES string of the molecule is O=C(c1cccc(CN2CCCC2)c1)N1CCC[C@@H](N2CCCC2)C1. The summed E-state index contributed by atoms with van der Waals surface area (Å²) >= 11 is 0. The predicted molar refractivity (Wildman–Crippen MR) is 101 cm³/mol. The fourth-order valence-corrected chi connectivity index (χ4v) is 4.73. The molecule has 1 atom stereocenters. The van der Waals surface area contributed by atoms with Crippen LogP contribution in [0.5, 0.6) is 0 Å². The minimum absolute atomic E-state index is 0.229. The fourth-order valence-electron chi connectivity index (χ4n) is 4.73. The maximum absolute atomic E-state index is 13.0. The molecular weight excluding hydrogens is 310 g/mol. The Labute approximate surface area is 151 Å². The number of likely N-dealkylation sites (tertiary alicyclic amines) is 3. The summed E-state index contributed by atoms with van der Waals surface area (Å²) in [6.07, 6.45) is 7.65. The molecule has 4 nitrogen and oxygen atoms in total. The molecule has 1 amide bonds. The Balaban J connectivity index is 1.41. The van der Waals surface area contributed by atoms with E-state index >= 15 is 0 Å². The highest BCUT2D eigenvalue weighted by molar-refractivity contribution is 5.94. The second kappa shape index (κ2) is 7.88. The molecule has 1 aromatic carbocycles. The van der Waals surface area contributed by atoms with Crippen molar-refractivity contribution >= 4 is 5.91 Å². The van der Waals surface area contributed by atoms with Crippen molar-refractivity contribution in [1.29, 1.82) is 0 Å². The first-order chi connectivity index (χ1) is 12.3. The summed E-state index contributed by atoms with van der Waals surface area (Å²) in [7, 11) is 0. The van der Waals surface area contributed by atoms with Crippen LogP contribution in [0.25, 0.3) is 0 Å². The largest absolute Gasteiger partial charge is 0.337 e. The minimum Gasteiger partial charge on any atom is -0.337 e. The lowest BCUT2D eigenvalue weighted by Gasteiger charge is -2.37. The number of amides is 1. The van der Waals surface area contributed by atoms with Crippen LogP contribution in [0.15, 0.2) is 24.3 Å². The number of nitrogens with zero attached hydrogens (tertiary/aromatic N) is 3. The van der Waals surface area contributed by atoms with Gasteiger partial charge in [0.15, 0.2) is 0 Å². The molecule has 0 spiro atoms. The van der Waals surface area contributed by atoms with E-state index in [4.69, 9.17) is 0 Å². The van der Waals surface area contributed by atoms with Crippen molar-refractivity contribution in [1.82, 2.24) is 14.7 Å². The van der Waals surface area contributed by atoms with Crippen molar-refractivity contribution in [2.24, 2.45) is 0 Å². The van der Waals surface area contributed by atoms with Crippen molar-refractivity contribution in [2.45, 2.75) is 51.1 Å². The molecule has 4 rings (SSSR count). The number of hydrogen-bond acceptors (Lipinski definition) is 3. The van der Waals surface area contributed by atoms with Gasteiger partial charge in [-0.1, -0.05) is 12.1 Å². The average molecular weight is 341 g/mol. The Hall–Kier alpha value is -1.39. The second-order valence-electron chi connectivity index (χ2n) is 7.97. The Bertz CT molecular complexity index is 591. The molecule has 3 aliphatic heterocycles. The molecule has 4 heteroatoms. The van der Waals surface area contributed by atoms with E-state index in [9.17, 15) is 4.79 Å². The number of piperidine rings is 1. The van der Waals surface area contributed by atoms with Crippen LogP contribution < -0.4 is 0 Å². The van der Waals surface area contributed by atoms with Gasteiger partial charge in [0.05, 0.1) is 0 Å². The molecule has 0 N–H and O–H groups in total. The highest BCUT2D eigenvalue weighted by Crippen LogP contribution is 2.22. The maximum Gasteiger partial charge on any atom is 0.253 e. The molecule has 3 heterocycles. The van der Waals surface area contributed by atoms with Gasteiger partial charge in [-0.15, -0.1) is 0 Å². The number of carbonyl (C=O) groups is 1. The molecule has 0 radical (unpaired) electrons. The molecule has 25 heavy (non-hydrogen) atoms. The molecule has 0 unspecified atom stereocenters. The molecule has 0 saturated carbocycles. The molecule has 3 fully saturated rings. The monoisotopic (exact) mass is 341 g/mol. The topological polar surface area (TPSA) is 26.8 Å². The number of carbonyl (C=O) groups excluding carboxylic acids is 1. The summed E-state index contributed by atoms with van der Waals surface area (Å²) in [5.74, 6) is 0.229. The van der Waals surface area contributed by atoms with E-state index in [1.54, 1.807) is 0 Å². The van der Waals surface area contributed by atoms with Gasteiger partial charge in [-0.05, 0) is 82.4 Å². The molecule has 3 aliphatic rings. The second-order valence-corrected chi connectivity index (χ2v) is 7.97. The van der Waals surface area contributed by atoms with Crippen LogP contribution >= 0.6 is 0 Å². The van der Waals surface area contributed by atoms with Gasteiger partial charge in [-0.3, -0.25) is 14.6 Å². The molecule has 136 valence electrons. The first-order valence-electron chi connectivity index (χ1n) is 10.1. The van der Waals surface area contributed by atoms with Crippen molar-refractivity contribution < 1.29 is 4.79 Å². The average Bonchev–Trinajstić information content (AvgIpc) is 3.35. The molecule has 3 saturated heterocycles. The molecule has 0 aliphatic carbocycles. The van der Waals surface area contributed by atoms with E-state index in [2.05, 4.69) is 32.9 Å². The minimum atomic E-state index is 0.229. The third-order valence-electron chi connectivity index (χ3n) is 6.12. The van der Waals surface area contributed by atoms with Crippen LogP contribution in [0.4, 0.5) is 0 Å². The van der Waals surface area contributed by atoms with Crippen molar-refractivity contribution in [3.05, 3.63) is 35.4 Å². The first-order valence-corrected chi connectivity index (χ1v) is 10.1. The summed E-state index contributed by atoms with van der Waals surface area (Å²) in [5, 5.41) is 0. The fraction of sp³-hybridized carbons (Fsp3) is 0.667. The number of hydrogen-bond donors (Lipinski definition) is 0. The van der Waals surface area contributed by atoms with Crippen molar-refractivity contribution in [3.63, 3.8) is 0 Å². The lowest BCUT2D eigenvalue weighted by atomic mass is 10.0. The smallest absolute Gasteiger partial charge is 0.253 e. The van der Waals surface area contributed by atoms with Crippen LogP contribution in [-0.4, -0.2) is 65.9 Å². The Morgan fingerprint density at radius 1 is 0.960 bits per heavy atom. The lowest BCUT2D eigenvalue weighted by molar-refractivity contribution is 0.0607. The highest BCUT2D eigenvalue weighted by atomic mass is 16.2. The Kier molecular flexibility index (Phi) is 5.37. The van der Waals surface area contributed by atoms with Gasteiger partial charge in [-0.2, -0.15) is 0 Å². The molecular formula is C21H31N3O. The van der Waals surface area contributed by atoms with Crippen molar-refractivity contribution in [2.75, 3.05) is 39.3 Å². The van der Waals surface area contributed by atoms with Gasteiger partial charge in [-0.25, -0.2) is 0 Å². The molecule has 0 aromatic heterocycles. The van der Waals surface area contributed by atoms with E-state index in [1.165, 1.54) is 63.8 Å². The van der Waals surface area contributed by atoms with Crippen LogP contribution in [0.2, 0.25) is 0 Å². The van der Waals surface area contributed by atoms with Crippen molar-refractivity contribution in [3.8, 4) is 0 Å². The summed E-state index contributed by atoms with van der Waals surface area (Å²) in [5.41, 5.74) is 2.15. The Morgan fingerprint density at radius 3 is 2.52 bits per heavy atom. The quantitative estimate of drug-likeness (QED) is 0.842. The van der Waals surface area contributed by atoms with Gasteiger partial charge in [0.1, 0.15) is 0 Å². The van der Waals surface area contributed by atoms with E-state index in [-0.39, 0.29) is 5.91 Å². The highest BCUT2D eigenvalue weighted by Gasteiger charge is 2.29. The third kappa shape index (κ3) is 4.06. The maximum atomic E-state index is 13.0. The summed E-state index contributed by atoms with van der Waals surface area (Å²) in [6.45, 7) is 7.64. The van der Waals surface area contributed by atoms with E-state index < -0.39 is 0 Å². The number of benzene rings is 1. The first kappa shape index (κ1) is 17.0. The van der Waals surface area contributed by atoms with Gasteiger partial charge in [0, 0.05) is 31.2 Å². The van der Waals surface area contributed by atoms with Crippen LogP contribution in [-0.2, 0) is 6.54 Å². The number of rotatable bonds is 4. The normalized spacial score (nSPS) is 25.6. The zero-order chi connectivity index (χ0) is 17.1. The van der Waals surface area contributed by atoms with Crippen LogP contribution in [0, 0.1) is 0 Å².